The molecule has 1 aliphatic rings. The summed E-state index contributed by atoms with van der Waals surface area (Å²) in [7, 11) is 4.25. The molecule has 0 aromatic rings. The molecule has 0 spiro atoms. The van der Waals surface area contributed by atoms with Crippen molar-refractivity contribution in [1.29, 1.82) is 0 Å². The Morgan fingerprint density at radius 1 is 1.35 bits per heavy atom. The SMILES string of the molecule is CNC(CCN(C)CC1CC(O)C1)C(C)(C)C. The highest BCUT2D eigenvalue weighted by molar-refractivity contribution is 4.83. The van der Waals surface area contributed by atoms with Gasteiger partial charge < -0.3 is 15.3 Å². The Morgan fingerprint density at radius 2 is 1.94 bits per heavy atom. The third-order valence-electron chi connectivity index (χ3n) is 3.97. The number of hydrogen-bond donors (Lipinski definition) is 2. The van der Waals surface area contributed by atoms with Crippen molar-refractivity contribution in [3.8, 4) is 0 Å². The van der Waals surface area contributed by atoms with E-state index in [1.807, 2.05) is 0 Å². The summed E-state index contributed by atoms with van der Waals surface area (Å²) in [4.78, 5) is 2.41. The van der Waals surface area contributed by atoms with Crippen LogP contribution < -0.4 is 5.32 Å². The van der Waals surface area contributed by atoms with Crippen LogP contribution in [0.2, 0.25) is 0 Å². The minimum absolute atomic E-state index is 0.0203. The molecule has 0 saturated heterocycles. The molecule has 0 heterocycles. The lowest BCUT2D eigenvalue weighted by Crippen LogP contribution is -2.42. The summed E-state index contributed by atoms with van der Waals surface area (Å²) in [6, 6.07) is 0.567. The average Bonchev–Trinajstić information content (AvgIpc) is 2.14. The molecule has 0 radical (unpaired) electrons. The van der Waals surface area contributed by atoms with Crippen molar-refractivity contribution < 1.29 is 5.11 Å². The van der Waals surface area contributed by atoms with Gasteiger partial charge >= 0.3 is 0 Å². The van der Waals surface area contributed by atoms with Gasteiger partial charge in [-0.1, -0.05) is 20.8 Å². The van der Waals surface area contributed by atoms with E-state index < -0.39 is 0 Å². The van der Waals surface area contributed by atoms with Crippen molar-refractivity contribution >= 4 is 0 Å². The normalized spacial score (nSPS) is 27.0. The summed E-state index contributed by atoms with van der Waals surface area (Å²) in [6.45, 7) is 9.14. The largest absolute Gasteiger partial charge is 0.393 e. The third-order valence-corrected chi connectivity index (χ3v) is 3.97. The van der Waals surface area contributed by atoms with Gasteiger partial charge in [-0.2, -0.15) is 0 Å². The first-order valence-corrected chi connectivity index (χ1v) is 6.86. The smallest absolute Gasteiger partial charge is 0.0546 e. The molecule has 2 N–H and O–H groups in total. The Labute approximate surface area is 107 Å². The molecule has 1 rings (SSSR count). The summed E-state index contributed by atoms with van der Waals surface area (Å²) in [6.07, 6.45) is 3.16. The van der Waals surface area contributed by atoms with Crippen molar-refractivity contribution in [3.05, 3.63) is 0 Å². The number of nitrogens with one attached hydrogen (secondary N) is 1. The van der Waals surface area contributed by atoms with Crippen LogP contribution in [-0.2, 0) is 0 Å². The fourth-order valence-electron chi connectivity index (χ4n) is 2.74. The van der Waals surface area contributed by atoms with Crippen molar-refractivity contribution in [3.63, 3.8) is 0 Å². The standard InChI is InChI=1S/C14H30N2O/c1-14(2,3)13(15-4)6-7-16(5)10-11-8-12(17)9-11/h11-13,15,17H,6-10H2,1-5H3. The fraction of sp³-hybridized carbons (Fsp3) is 1.00. The number of nitrogens with zero attached hydrogens (tertiary/aromatic N) is 1. The quantitative estimate of drug-likeness (QED) is 0.744. The van der Waals surface area contributed by atoms with Crippen molar-refractivity contribution in [2.75, 3.05) is 27.2 Å². The van der Waals surface area contributed by atoms with Gasteiger partial charge in [0.2, 0.25) is 0 Å². The molecule has 0 aliphatic heterocycles. The molecule has 102 valence electrons. The first kappa shape index (κ1) is 14.9. The zero-order chi connectivity index (χ0) is 13.1. The van der Waals surface area contributed by atoms with Gasteiger partial charge in [-0.25, -0.2) is 0 Å². The van der Waals surface area contributed by atoms with Crippen LogP contribution in [0.5, 0.6) is 0 Å². The Balaban J connectivity index is 2.20. The van der Waals surface area contributed by atoms with Gasteiger partial charge in [-0.3, -0.25) is 0 Å². The second-order valence-corrected chi connectivity index (χ2v) is 6.75. The minimum atomic E-state index is -0.0203. The van der Waals surface area contributed by atoms with E-state index in [9.17, 15) is 5.11 Å². The van der Waals surface area contributed by atoms with Gasteiger partial charge in [0.25, 0.3) is 0 Å². The van der Waals surface area contributed by atoms with Gasteiger partial charge in [0.1, 0.15) is 0 Å². The number of aliphatic hydroxyl groups excluding tert-OH is 1. The molecule has 1 fully saturated rings. The molecule has 3 heteroatoms. The van der Waals surface area contributed by atoms with Crippen LogP contribution in [-0.4, -0.2) is 49.3 Å². The predicted molar refractivity (Wildman–Crippen MR) is 73.1 cm³/mol. The van der Waals surface area contributed by atoms with Gasteiger partial charge in [0.05, 0.1) is 6.10 Å². The highest BCUT2D eigenvalue weighted by Gasteiger charge is 2.28. The fourth-order valence-corrected chi connectivity index (χ4v) is 2.74. The summed E-state index contributed by atoms with van der Waals surface area (Å²) in [5.74, 6) is 0.720. The second-order valence-electron chi connectivity index (χ2n) is 6.75. The first-order chi connectivity index (χ1) is 7.82. The monoisotopic (exact) mass is 242 g/mol. The van der Waals surface area contributed by atoms with Crippen LogP contribution in [0.3, 0.4) is 0 Å². The van der Waals surface area contributed by atoms with Gasteiger partial charge in [0.15, 0.2) is 0 Å². The minimum Gasteiger partial charge on any atom is -0.393 e. The molecule has 1 atom stereocenters. The van der Waals surface area contributed by atoms with E-state index in [0.717, 1.165) is 31.8 Å². The molecule has 1 aliphatic carbocycles. The lowest BCUT2D eigenvalue weighted by atomic mass is 9.82. The summed E-state index contributed by atoms with van der Waals surface area (Å²) in [5, 5.41) is 12.7. The van der Waals surface area contributed by atoms with Crippen LogP contribution in [0, 0.1) is 11.3 Å². The zero-order valence-corrected chi connectivity index (χ0v) is 12.2. The Bertz CT molecular complexity index is 219. The lowest BCUT2D eigenvalue weighted by Gasteiger charge is -2.36. The Morgan fingerprint density at radius 3 is 2.35 bits per heavy atom. The van der Waals surface area contributed by atoms with Gasteiger partial charge in [-0.15, -0.1) is 0 Å². The van der Waals surface area contributed by atoms with Crippen LogP contribution in [0.15, 0.2) is 0 Å². The van der Waals surface area contributed by atoms with E-state index in [1.165, 1.54) is 6.42 Å². The van der Waals surface area contributed by atoms with Crippen molar-refractivity contribution in [2.24, 2.45) is 11.3 Å². The van der Waals surface area contributed by atoms with Gasteiger partial charge in [-0.05, 0) is 51.2 Å². The van der Waals surface area contributed by atoms with E-state index >= 15 is 0 Å². The molecular weight excluding hydrogens is 212 g/mol. The molecule has 3 nitrogen and oxygen atoms in total. The van der Waals surface area contributed by atoms with Crippen LogP contribution in [0.1, 0.15) is 40.0 Å². The van der Waals surface area contributed by atoms with E-state index in [4.69, 9.17) is 0 Å². The van der Waals surface area contributed by atoms with E-state index in [2.05, 4.69) is 45.1 Å². The summed E-state index contributed by atoms with van der Waals surface area (Å²) < 4.78 is 0. The molecule has 0 aromatic carbocycles. The molecule has 1 saturated carbocycles. The highest BCUT2D eigenvalue weighted by atomic mass is 16.3. The number of hydrogen-bond acceptors (Lipinski definition) is 3. The lowest BCUT2D eigenvalue weighted by molar-refractivity contribution is 0.0274. The predicted octanol–water partition coefficient (Wildman–Crippen LogP) is 1.71. The topological polar surface area (TPSA) is 35.5 Å². The summed E-state index contributed by atoms with van der Waals surface area (Å²) >= 11 is 0. The van der Waals surface area contributed by atoms with E-state index in [0.29, 0.717) is 11.5 Å². The maximum Gasteiger partial charge on any atom is 0.0546 e. The number of aliphatic hydroxyl groups is 1. The maximum absolute atomic E-state index is 9.27. The molecule has 17 heavy (non-hydrogen) atoms. The molecule has 1 unspecified atom stereocenters. The molecule has 0 amide bonds. The summed E-state index contributed by atoms with van der Waals surface area (Å²) in [5.41, 5.74) is 0.322. The average molecular weight is 242 g/mol. The van der Waals surface area contributed by atoms with E-state index in [1.54, 1.807) is 0 Å². The maximum atomic E-state index is 9.27. The Kier molecular flexibility index (Phi) is 5.42. The van der Waals surface area contributed by atoms with Crippen LogP contribution >= 0.6 is 0 Å². The highest BCUT2D eigenvalue weighted by Crippen LogP contribution is 2.28. The first-order valence-electron chi connectivity index (χ1n) is 6.86. The third kappa shape index (κ3) is 4.94. The van der Waals surface area contributed by atoms with Crippen molar-refractivity contribution in [1.82, 2.24) is 10.2 Å². The number of rotatable bonds is 6. The van der Waals surface area contributed by atoms with Gasteiger partial charge in [0, 0.05) is 12.6 Å². The second kappa shape index (κ2) is 6.17. The van der Waals surface area contributed by atoms with Crippen LogP contribution in [0.4, 0.5) is 0 Å². The molecular formula is C14H30N2O. The molecule has 0 aromatic heterocycles. The Hall–Kier alpha value is -0.120. The van der Waals surface area contributed by atoms with E-state index in [-0.39, 0.29) is 6.10 Å². The molecule has 0 bridgehead atoms. The van der Waals surface area contributed by atoms with Crippen molar-refractivity contribution in [2.45, 2.75) is 52.2 Å². The van der Waals surface area contributed by atoms with Crippen LogP contribution in [0.25, 0.3) is 0 Å². The zero-order valence-electron chi connectivity index (χ0n) is 12.2.